The second-order valence-electron chi connectivity index (χ2n) is 8.01. The highest BCUT2D eigenvalue weighted by Crippen LogP contribution is 2.31. The summed E-state index contributed by atoms with van der Waals surface area (Å²) in [6, 6.07) is 10.7. The van der Waals surface area contributed by atoms with Gasteiger partial charge in [0.15, 0.2) is 5.65 Å². The fourth-order valence-corrected chi connectivity index (χ4v) is 3.29. The first-order chi connectivity index (χ1) is 12.4. The van der Waals surface area contributed by atoms with Crippen molar-refractivity contribution in [3.8, 4) is 11.1 Å². The number of benzene rings is 1. The van der Waals surface area contributed by atoms with Gasteiger partial charge in [-0.2, -0.15) is 9.61 Å². The van der Waals surface area contributed by atoms with Crippen LogP contribution < -0.4 is 4.90 Å². The van der Waals surface area contributed by atoms with Crippen LogP contribution in [-0.2, 0) is 10.2 Å². The minimum absolute atomic E-state index is 0.0302. The van der Waals surface area contributed by atoms with Gasteiger partial charge in [-0.25, -0.2) is 4.98 Å². The Hall–Kier alpha value is -2.40. The van der Waals surface area contributed by atoms with E-state index >= 15 is 0 Å². The lowest BCUT2D eigenvalue weighted by molar-refractivity contribution is 0.122. The van der Waals surface area contributed by atoms with Crippen molar-refractivity contribution < 1.29 is 4.74 Å². The van der Waals surface area contributed by atoms with E-state index in [2.05, 4.69) is 68.0 Å². The van der Waals surface area contributed by atoms with Crippen molar-refractivity contribution >= 4 is 11.5 Å². The standard InChI is InChI=1S/C21H26N4O/c1-15-5-7-16(8-6-15)17-14-22-25-19(24-9-11-26-12-10-24)13-18(21(2,3)4)23-20(17)25/h5-8,13-14H,9-12H2,1-4H3. The maximum Gasteiger partial charge on any atom is 0.165 e. The van der Waals surface area contributed by atoms with Gasteiger partial charge in [0.25, 0.3) is 0 Å². The second kappa shape index (κ2) is 6.40. The van der Waals surface area contributed by atoms with Gasteiger partial charge < -0.3 is 9.64 Å². The Balaban J connectivity index is 1.92. The van der Waals surface area contributed by atoms with Gasteiger partial charge >= 0.3 is 0 Å². The number of aryl methyl sites for hydroxylation is 1. The summed E-state index contributed by atoms with van der Waals surface area (Å²) in [5.41, 5.74) is 5.45. The number of hydrogen-bond donors (Lipinski definition) is 0. The van der Waals surface area contributed by atoms with Crippen molar-refractivity contribution in [2.24, 2.45) is 0 Å². The van der Waals surface area contributed by atoms with E-state index in [4.69, 9.17) is 9.72 Å². The van der Waals surface area contributed by atoms with Crippen LogP contribution in [0.1, 0.15) is 32.0 Å². The molecule has 0 radical (unpaired) electrons. The van der Waals surface area contributed by atoms with E-state index < -0.39 is 0 Å². The van der Waals surface area contributed by atoms with Gasteiger partial charge in [-0.05, 0) is 12.5 Å². The van der Waals surface area contributed by atoms with Gasteiger partial charge in [-0.3, -0.25) is 0 Å². The van der Waals surface area contributed by atoms with Gasteiger partial charge in [-0.1, -0.05) is 50.6 Å². The lowest BCUT2D eigenvalue weighted by Crippen LogP contribution is -2.37. The summed E-state index contributed by atoms with van der Waals surface area (Å²) in [5.74, 6) is 1.10. The number of hydrogen-bond acceptors (Lipinski definition) is 4. The van der Waals surface area contributed by atoms with E-state index in [0.717, 1.165) is 54.6 Å². The van der Waals surface area contributed by atoms with E-state index in [0.29, 0.717) is 0 Å². The molecule has 136 valence electrons. The fourth-order valence-electron chi connectivity index (χ4n) is 3.29. The zero-order chi connectivity index (χ0) is 18.3. The molecule has 5 heteroatoms. The molecular formula is C21H26N4O. The highest BCUT2D eigenvalue weighted by molar-refractivity contribution is 5.78. The number of nitrogens with zero attached hydrogens (tertiary/aromatic N) is 4. The van der Waals surface area contributed by atoms with Crippen LogP contribution in [0.25, 0.3) is 16.8 Å². The molecule has 0 atom stereocenters. The fraction of sp³-hybridized carbons (Fsp3) is 0.429. The molecule has 26 heavy (non-hydrogen) atoms. The Morgan fingerprint density at radius 3 is 2.38 bits per heavy atom. The monoisotopic (exact) mass is 350 g/mol. The molecule has 2 aromatic heterocycles. The molecule has 1 saturated heterocycles. The summed E-state index contributed by atoms with van der Waals surface area (Å²) in [6.45, 7) is 12.0. The molecule has 0 amide bonds. The smallest absolute Gasteiger partial charge is 0.165 e. The van der Waals surface area contributed by atoms with Crippen LogP contribution in [0.3, 0.4) is 0 Å². The summed E-state index contributed by atoms with van der Waals surface area (Å²) < 4.78 is 7.51. The van der Waals surface area contributed by atoms with Gasteiger partial charge in [0.1, 0.15) is 5.82 Å². The molecule has 4 rings (SSSR count). The van der Waals surface area contributed by atoms with Crippen molar-refractivity contribution in [3.05, 3.63) is 47.8 Å². The topological polar surface area (TPSA) is 42.7 Å². The molecule has 5 nitrogen and oxygen atoms in total. The first-order valence-electron chi connectivity index (χ1n) is 9.22. The van der Waals surface area contributed by atoms with Crippen LogP contribution in [0, 0.1) is 6.92 Å². The molecule has 1 fully saturated rings. The van der Waals surface area contributed by atoms with E-state index in [9.17, 15) is 0 Å². The molecule has 1 aromatic carbocycles. The van der Waals surface area contributed by atoms with E-state index in [1.54, 1.807) is 0 Å². The Bertz CT molecular complexity index is 916. The summed E-state index contributed by atoms with van der Waals surface area (Å²) in [5, 5.41) is 4.69. The minimum Gasteiger partial charge on any atom is -0.378 e. The molecule has 0 spiro atoms. The van der Waals surface area contributed by atoms with Crippen LogP contribution >= 0.6 is 0 Å². The first-order valence-corrected chi connectivity index (χ1v) is 9.22. The van der Waals surface area contributed by atoms with Crippen LogP contribution in [-0.4, -0.2) is 40.9 Å². The van der Waals surface area contributed by atoms with Crippen LogP contribution in [0.15, 0.2) is 36.5 Å². The summed E-state index contributed by atoms with van der Waals surface area (Å²) in [7, 11) is 0. The molecule has 0 unspecified atom stereocenters. The van der Waals surface area contributed by atoms with Crippen molar-refractivity contribution in [3.63, 3.8) is 0 Å². The molecule has 3 heterocycles. The Morgan fingerprint density at radius 2 is 1.73 bits per heavy atom. The average molecular weight is 350 g/mol. The highest BCUT2D eigenvalue weighted by atomic mass is 16.5. The van der Waals surface area contributed by atoms with Crippen molar-refractivity contribution in [1.29, 1.82) is 0 Å². The van der Waals surface area contributed by atoms with E-state index in [1.165, 1.54) is 5.56 Å². The minimum atomic E-state index is -0.0302. The van der Waals surface area contributed by atoms with Crippen LogP contribution in [0.4, 0.5) is 5.82 Å². The third-order valence-electron chi connectivity index (χ3n) is 4.92. The molecule has 3 aromatic rings. The van der Waals surface area contributed by atoms with Gasteiger partial charge in [0, 0.05) is 30.1 Å². The Kier molecular flexibility index (Phi) is 4.19. The lowest BCUT2D eigenvalue weighted by Gasteiger charge is -2.30. The predicted octanol–water partition coefficient (Wildman–Crippen LogP) is 3.84. The van der Waals surface area contributed by atoms with Crippen molar-refractivity contribution in [2.45, 2.75) is 33.1 Å². The Labute approximate surface area is 154 Å². The zero-order valence-electron chi connectivity index (χ0n) is 16.0. The molecule has 1 aliphatic heterocycles. The first kappa shape index (κ1) is 17.0. The summed E-state index contributed by atoms with van der Waals surface area (Å²) >= 11 is 0. The normalized spacial score (nSPS) is 15.6. The van der Waals surface area contributed by atoms with Crippen LogP contribution in [0.5, 0.6) is 0 Å². The van der Waals surface area contributed by atoms with Crippen molar-refractivity contribution in [1.82, 2.24) is 14.6 Å². The number of fused-ring (bicyclic) bond motifs is 1. The summed E-state index contributed by atoms with van der Waals surface area (Å²) in [4.78, 5) is 7.35. The van der Waals surface area contributed by atoms with Gasteiger partial charge in [-0.15, -0.1) is 0 Å². The number of anilines is 1. The zero-order valence-corrected chi connectivity index (χ0v) is 16.0. The SMILES string of the molecule is Cc1ccc(-c2cnn3c(N4CCOCC4)cc(C(C)(C)C)nc23)cc1. The number of rotatable bonds is 2. The molecule has 0 bridgehead atoms. The number of aromatic nitrogens is 3. The molecule has 0 aliphatic carbocycles. The Morgan fingerprint density at radius 1 is 1.04 bits per heavy atom. The lowest BCUT2D eigenvalue weighted by atomic mass is 9.91. The summed E-state index contributed by atoms with van der Waals surface area (Å²) in [6.07, 6.45) is 1.93. The quantitative estimate of drug-likeness (QED) is 0.704. The molecule has 1 aliphatic rings. The molecule has 0 N–H and O–H groups in total. The van der Waals surface area contributed by atoms with Gasteiger partial charge in [0.2, 0.25) is 0 Å². The number of ether oxygens (including phenoxy) is 1. The third kappa shape index (κ3) is 3.07. The number of morpholine rings is 1. The highest BCUT2D eigenvalue weighted by Gasteiger charge is 2.23. The van der Waals surface area contributed by atoms with E-state index in [-0.39, 0.29) is 5.41 Å². The molecular weight excluding hydrogens is 324 g/mol. The molecule has 0 saturated carbocycles. The maximum atomic E-state index is 5.53. The largest absolute Gasteiger partial charge is 0.378 e. The average Bonchev–Trinajstić information content (AvgIpc) is 3.05. The van der Waals surface area contributed by atoms with Crippen molar-refractivity contribution in [2.75, 3.05) is 31.2 Å². The van der Waals surface area contributed by atoms with E-state index in [1.807, 2.05) is 10.7 Å². The predicted molar refractivity (Wildman–Crippen MR) is 105 cm³/mol. The van der Waals surface area contributed by atoms with Crippen LogP contribution in [0.2, 0.25) is 0 Å². The third-order valence-corrected chi connectivity index (χ3v) is 4.92. The maximum absolute atomic E-state index is 5.53. The second-order valence-corrected chi connectivity index (χ2v) is 8.01. The van der Waals surface area contributed by atoms with Gasteiger partial charge in [0.05, 0.1) is 25.1 Å².